The highest BCUT2D eigenvalue weighted by Crippen LogP contribution is 2.40. The van der Waals surface area contributed by atoms with Crippen molar-refractivity contribution in [2.45, 2.75) is 19.2 Å². The molecule has 1 heterocycles. The monoisotopic (exact) mass is 344 g/mol. The Morgan fingerprint density at radius 1 is 1.28 bits per heavy atom. The van der Waals surface area contributed by atoms with Gasteiger partial charge in [-0.2, -0.15) is 0 Å². The largest absolute Gasteiger partial charge is 0.496 e. The summed E-state index contributed by atoms with van der Waals surface area (Å²) in [4.78, 5) is 1.17. The van der Waals surface area contributed by atoms with Gasteiger partial charge in [-0.1, -0.05) is 15.9 Å². The number of benzene rings is 1. The molecule has 1 nitrogen and oxygen atoms in total. The summed E-state index contributed by atoms with van der Waals surface area (Å²) < 4.78 is 6.49. The molecule has 4 heteroatoms. The molecule has 0 bridgehead atoms. The van der Waals surface area contributed by atoms with Crippen molar-refractivity contribution in [3.63, 3.8) is 0 Å². The van der Waals surface area contributed by atoms with E-state index in [0.29, 0.717) is 0 Å². The zero-order valence-electron chi connectivity index (χ0n) is 10.5. The van der Waals surface area contributed by atoms with Crippen molar-refractivity contribution in [2.75, 3.05) is 7.11 Å². The molecule has 0 saturated heterocycles. The van der Waals surface area contributed by atoms with Crippen LogP contribution in [0.4, 0.5) is 0 Å². The van der Waals surface area contributed by atoms with Crippen LogP contribution in [0.25, 0.3) is 0 Å². The van der Waals surface area contributed by atoms with Crippen LogP contribution in [0.5, 0.6) is 5.75 Å². The van der Waals surface area contributed by atoms with E-state index in [1.165, 1.54) is 10.4 Å². The van der Waals surface area contributed by atoms with E-state index in [2.05, 4.69) is 34.3 Å². The van der Waals surface area contributed by atoms with Gasteiger partial charge in [0.15, 0.2) is 0 Å². The lowest BCUT2D eigenvalue weighted by Crippen LogP contribution is -1.98. The van der Waals surface area contributed by atoms with Gasteiger partial charge in [-0.3, -0.25) is 0 Å². The minimum Gasteiger partial charge on any atom is -0.496 e. The predicted octanol–water partition coefficient (Wildman–Crippen LogP) is 5.46. The fraction of sp³-hybridized carbons (Fsp3) is 0.286. The second-order valence-corrected chi connectivity index (χ2v) is 6.41. The van der Waals surface area contributed by atoms with Gasteiger partial charge < -0.3 is 4.74 Å². The molecule has 0 N–H and O–H groups in total. The number of hydrogen-bond acceptors (Lipinski definition) is 2. The Bertz CT molecular complexity index is 565. The molecule has 0 spiro atoms. The Labute approximate surface area is 125 Å². The molecule has 0 saturated carbocycles. The fourth-order valence-corrected chi connectivity index (χ4v) is 3.61. The van der Waals surface area contributed by atoms with Crippen LogP contribution >= 0.6 is 38.9 Å². The van der Waals surface area contributed by atoms with Gasteiger partial charge in [-0.15, -0.1) is 22.9 Å². The fourth-order valence-electron chi connectivity index (χ4n) is 1.83. The van der Waals surface area contributed by atoms with Gasteiger partial charge in [-0.05, 0) is 48.6 Å². The van der Waals surface area contributed by atoms with Crippen LogP contribution in [-0.4, -0.2) is 7.11 Å². The van der Waals surface area contributed by atoms with Crippen LogP contribution in [0.3, 0.4) is 0 Å². The first kappa shape index (κ1) is 13.9. The van der Waals surface area contributed by atoms with Gasteiger partial charge in [0.2, 0.25) is 0 Å². The van der Waals surface area contributed by atoms with Crippen molar-refractivity contribution in [2.24, 2.45) is 0 Å². The van der Waals surface area contributed by atoms with Gasteiger partial charge in [0.25, 0.3) is 0 Å². The van der Waals surface area contributed by atoms with E-state index in [-0.39, 0.29) is 5.38 Å². The first-order chi connectivity index (χ1) is 8.54. The minimum atomic E-state index is -0.170. The number of aryl methyl sites for hydroxylation is 2. The average Bonchev–Trinajstić information content (AvgIpc) is 2.77. The summed E-state index contributed by atoms with van der Waals surface area (Å²) >= 11 is 11.8. The molecule has 0 amide bonds. The molecule has 2 rings (SSSR count). The van der Waals surface area contributed by atoms with E-state index in [0.717, 1.165) is 21.3 Å². The number of thiophene rings is 1. The summed E-state index contributed by atoms with van der Waals surface area (Å²) in [5.74, 6) is 0.837. The van der Waals surface area contributed by atoms with E-state index in [9.17, 15) is 0 Å². The molecule has 2 aromatic rings. The average molecular weight is 346 g/mol. The second-order valence-electron chi connectivity index (χ2n) is 4.17. The zero-order valence-corrected chi connectivity index (χ0v) is 13.6. The topological polar surface area (TPSA) is 9.23 Å². The smallest absolute Gasteiger partial charge is 0.124 e. The van der Waals surface area contributed by atoms with Crippen molar-refractivity contribution < 1.29 is 4.74 Å². The van der Waals surface area contributed by atoms with Crippen molar-refractivity contribution in [1.82, 2.24) is 0 Å². The molecule has 0 radical (unpaired) electrons. The van der Waals surface area contributed by atoms with Gasteiger partial charge in [0.05, 0.1) is 12.5 Å². The number of halogens is 2. The van der Waals surface area contributed by atoms with Crippen LogP contribution in [0.1, 0.15) is 26.9 Å². The maximum Gasteiger partial charge on any atom is 0.124 e. The molecular formula is C14H14BrClOS. The summed E-state index contributed by atoms with van der Waals surface area (Å²) in [5, 5.41) is 1.90. The van der Waals surface area contributed by atoms with E-state index < -0.39 is 0 Å². The predicted molar refractivity (Wildman–Crippen MR) is 82.2 cm³/mol. The molecule has 0 aliphatic carbocycles. The third-order valence-electron chi connectivity index (χ3n) is 2.92. The Hall–Kier alpha value is -0.510. The van der Waals surface area contributed by atoms with Crippen LogP contribution in [0.2, 0.25) is 0 Å². The number of alkyl halides is 1. The molecule has 1 unspecified atom stereocenters. The molecule has 96 valence electrons. The van der Waals surface area contributed by atoms with Crippen molar-refractivity contribution >= 4 is 38.9 Å². The molecule has 1 aromatic carbocycles. The molecule has 1 aromatic heterocycles. The first-order valence-electron chi connectivity index (χ1n) is 5.56. The Balaban J connectivity index is 2.50. The van der Waals surface area contributed by atoms with Gasteiger partial charge in [0, 0.05) is 14.9 Å². The lowest BCUT2D eigenvalue weighted by Gasteiger charge is -2.15. The quantitative estimate of drug-likeness (QED) is 0.671. The lowest BCUT2D eigenvalue weighted by atomic mass is 10.1. The van der Waals surface area contributed by atoms with E-state index in [1.807, 2.05) is 19.1 Å². The summed E-state index contributed by atoms with van der Waals surface area (Å²) in [6, 6.07) is 6.15. The van der Waals surface area contributed by atoms with Gasteiger partial charge >= 0.3 is 0 Å². The van der Waals surface area contributed by atoms with Gasteiger partial charge in [0.1, 0.15) is 5.75 Å². The van der Waals surface area contributed by atoms with Crippen molar-refractivity contribution in [1.29, 1.82) is 0 Å². The molecule has 0 aliphatic heterocycles. The maximum absolute atomic E-state index is 6.60. The standard InChI is InChI=1S/C14H14BrClOS/c1-8-4-5-18-14(8)13(16)10-7-11(15)9(2)6-12(10)17-3/h4-7,13H,1-3H3. The minimum absolute atomic E-state index is 0.170. The van der Waals surface area contributed by atoms with E-state index in [4.69, 9.17) is 16.3 Å². The maximum atomic E-state index is 6.60. The lowest BCUT2D eigenvalue weighted by molar-refractivity contribution is 0.410. The summed E-state index contributed by atoms with van der Waals surface area (Å²) in [6.45, 7) is 4.12. The second kappa shape index (κ2) is 5.64. The highest BCUT2D eigenvalue weighted by Gasteiger charge is 2.19. The third-order valence-corrected chi connectivity index (χ3v) is 5.44. The SMILES string of the molecule is COc1cc(C)c(Br)cc1C(Cl)c1sccc1C. The van der Waals surface area contributed by atoms with Crippen LogP contribution in [0.15, 0.2) is 28.1 Å². The third kappa shape index (κ3) is 2.58. The van der Waals surface area contributed by atoms with Crippen LogP contribution < -0.4 is 4.74 Å². The Morgan fingerprint density at radius 3 is 2.56 bits per heavy atom. The van der Waals surface area contributed by atoms with Crippen molar-refractivity contribution in [3.8, 4) is 5.75 Å². The first-order valence-corrected chi connectivity index (χ1v) is 7.67. The Kier molecular flexibility index (Phi) is 4.36. The molecular weight excluding hydrogens is 332 g/mol. The van der Waals surface area contributed by atoms with Crippen molar-refractivity contribution in [3.05, 3.63) is 49.6 Å². The highest BCUT2D eigenvalue weighted by molar-refractivity contribution is 9.10. The molecule has 0 fully saturated rings. The summed E-state index contributed by atoms with van der Waals surface area (Å²) in [6.07, 6.45) is 0. The van der Waals surface area contributed by atoms with E-state index in [1.54, 1.807) is 18.4 Å². The highest BCUT2D eigenvalue weighted by atomic mass is 79.9. The van der Waals surface area contributed by atoms with Crippen LogP contribution in [-0.2, 0) is 0 Å². The zero-order chi connectivity index (χ0) is 13.3. The number of methoxy groups -OCH3 is 1. The molecule has 18 heavy (non-hydrogen) atoms. The number of hydrogen-bond donors (Lipinski definition) is 0. The normalized spacial score (nSPS) is 12.5. The Morgan fingerprint density at radius 2 is 2.00 bits per heavy atom. The number of rotatable bonds is 3. The summed E-state index contributed by atoms with van der Waals surface area (Å²) in [7, 11) is 1.68. The van der Waals surface area contributed by atoms with Gasteiger partial charge in [-0.25, -0.2) is 0 Å². The molecule has 0 aliphatic rings. The van der Waals surface area contributed by atoms with E-state index >= 15 is 0 Å². The van der Waals surface area contributed by atoms with Crippen LogP contribution in [0, 0.1) is 13.8 Å². The summed E-state index contributed by atoms with van der Waals surface area (Å²) in [5.41, 5.74) is 3.36. The molecule has 1 atom stereocenters. The number of ether oxygens (including phenoxy) is 1.